The van der Waals surface area contributed by atoms with Gasteiger partial charge >= 0.3 is 0 Å². The summed E-state index contributed by atoms with van der Waals surface area (Å²) >= 11 is 1.55. The highest BCUT2D eigenvalue weighted by atomic mass is 32.1. The van der Waals surface area contributed by atoms with Gasteiger partial charge in [0.25, 0.3) is 0 Å². The Balaban J connectivity index is 1.26. The van der Waals surface area contributed by atoms with Crippen LogP contribution in [0, 0.1) is 17.7 Å². The highest BCUT2D eigenvalue weighted by Crippen LogP contribution is 2.41. The third kappa shape index (κ3) is 2.47. The van der Waals surface area contributed by atoms with E-state index in [1.807, 2.05) is 0 Å². The predicted molar refractivity (Wildman–Crippen MR) is 87.5 cm³/mol. The molecule has 5 nitrogen and oxygen atoms in total. The molecule has 0 bridgehead atoms. The standard InChI is InChI=1S/C16H18FN5S/c17-13-3-4-14(18-5-13)21-6-11-8-22(9-12(11)7-21)16-19-15(20-23-16)10-1-2-10/h3-5,10-12H,1-2,6-9H2. The van der Waals surface area contributed by atoms with Gasteiger partial charge < -0.3 is 9.80 Å². The fourth-order valence-electron chi connectivity index (χ4n) is 3.75. The van der Waals surface area contributed by atoms with Gasteiger partial charge in [0, 0.05) is 55.5 Å². The van der Waals surface area contributed by atoms with Crippen molar-refractivity contribution in [2.24, 2.45) is 11.8 Å². The van der Waals surface area contributed by atoms with Crippen LogP contribution < -0.4 is 9.80 Å². The second-order valence-electron chi connectivity index (χ2n) is 6.87. The molecule has 0 spiro atoms. The Kier molecular flexibility index (Phi) is 3.04. The molecular weight excluding hydrogens is 313 g/mol. The Morgan fingerprint density at radius 2 is 1.78 bits per heavy atom. The van der Waals surface area contributed by atoms with Crippen LogP contribution in [0.2, 0.25) is 0 Å². The molecule has 2 atom stereocenters. The molecular formula is C16H18FN5S. The topological polar surface area (TPSA) is 45.2 Å². The molecule has 3 aliphatic rings. The van der Waals surface area contributed by atoms with E-state index in [1.54, 1.807) is 17.6 Å². The molecule has 2 aromatic rings. The minimum absolute atomic E-state index is 0.276. The predicted octanol–water partition coefficient (Wildman–Crippen LogP) is 2.52. The lowest BCUT2D eigenvalue weighted by Crippen LogP contribution is -2.29. The van der Waals surface area contributed by atoms with E-state index in [1.165, 1.54) is 25.1 Å². The minimum atomic E-state index is -0.276. The number of hydrogen-bond donors (Lipinski definition) is 0. The minimum Gasteiger partial charge on any atom is -0.356 e. The third-order valence-electron chi connectivity index (χ3n) is 5.17. The van der Waals surface area contributed by atoms with Crippen LogP contribution in [0.5, 0.6) is 0 Å². The maximum Gasteiger partial charge on any atom is 0.205 e. The first kappa shape index (κ1) is 13.7. The van der Waals surface area contributed by atoms with Crippen LogP contribution in [0.15, 0.2) is 18.3 Å². The van der Waals surface area contributed by atoms with Gasteiger partial charge in [-0.05, 0) is 25.0 Å². The van der Waals surface area contributed by atoms with Gasteiger partial charge in [-0.15, -0.1) is 0 Å². The van der Waals surface area contributed by atoms with E-state index in [0.29, 0.717) is 17.8 Å². The second kappa shape index (κ2) is 5.12. The molecule has 3 fully saturated rings. The van der Waals surface area contributed by atoms with Crippen molar-refractivity contribution in [3.8, 4) is 0 Å². The zero-order valence-corrected chi connectivity index (χ0v) is 13.5. The number of aromatic nitrogens is 3. The smallest absolute Gasteiger partial charge is 0.205 e. The molecule has 1 aliphatic carbocycles. The van der Waals surface area contributed by atoms with Crippen molar-refractivity contribution in [1.82, 2.24) is 14.3 Å². The third-order valence-corrected chi connectivity index (χ3v) is 5.96. The first-order valence-electron chi connectivity index (χ1n) is 8.21. The number of nitrogens with zero attached hydrogens (tertiary/aromatic N) is 5. The molecule has 2 saturated heterocycles. The van der Waals surface area contributed by atoms with Crippen LogP contribution in [-0.2, 0) is 0 Å². The Bertz CT molecular complexity index is 700. The molecule has 4 heterocycles. The Labute approximate surface area is 138 Å². The van der Waals surface area contributed by atoms with E-state index in [4.69, 9.17) is 4.98 Å². The molecule has 0 radical (unpaired) electrons. The summed E-state index contributed by atoms with van der Waals surface area (Å²) in [6.45, 7) is 4.07. The first-order chi connectivity index (χ1) is 11.3. The monoisotopic (exact) mass is 331 g/mol. The van der Waals surface area contributed by atoms with Crippen LogP contribution in [-0.4, -0.2) is 40.5 Å². The second-order valence-corrected chi connectivity index (χ2v) is 7.60. The summed E-state index contributed by atoms with van der Waals surface area (Å²) in [6, 6.07) is 3.27. The quantitative estimate of drug-likeness (QED) is 0.865. The summed E-state index contributed by atoms with van der Waals surface area (Å²) in [6.07, 6.45) is 3.80. The molecule has 1 saturated carbocycles. The summed E-state index contributed by atoms with van der Waals surface area (Å²) in [7, 11) is 0. The lowest BCUT2D eigenvalue weighted by Gasteiger charge is -2.21. The van der Waals surface area contributed by atoms with Gasteiger partial charge in [-0.2, -0.15) is 4.37 Å². The average Bonchev–Trinajstić information content (AvgIpc) is 2.97. The van der Waals surface area contributed by atoms with Crippen molar-refractivity contribution in [1.29, 1.82) is 0 Å². The van der Waals surface area contributed by atoms with E-state index >= 15 is 0 Å². The molecule has 2 aromatic heterocycles. The zero-order valence-electron chi connectivity index (χ0n) is 12.7. The Morgan fingerprint density at radius 3 is 2.43 bits per heavy atom. The maximum atomic E-state index is 13.0. The van der Waals surface area contributed by atoms with Gasteiger partial charge in [0.15, 0.2) is 0 Å². The highest BCUT2D eigenvalue weighted by Gasteiger charge is 2.41. The zero-order chi connectivity index (χ0) is 15.4. The number of anilines is 2. The first-order valence-corrected chi connectivity index (χ1v) is 8.98. The summed E-state index contributed by atoms with van der Waals surface area (Å²) in [5.74, 6) is 3.56. The molecule has 2 aliphatic heterocycles. The number of rotatable bonds is 3. The van der Waals surface area contributed by atoms with E-state index in [2.05, 4.69) is 19.2 Å². The molecule has 120 valence electrons. The lowest BCUT2D eigenvalue weighted by atomic mass is 10.0. The van der Waals surface area contributed by atoms with Crippen molar-refractivity contribution in [3.05, 3.63) is 30.0 Å². The number of fused-ring (bicyclic) bond motifs is 1. The molecule has 23 heavy (non-hydrogen) atoms. The number of pyridine rings is 1. The van der Waals surface area contributed by atoms with Gasteiger partial charge in [0.05, 0.1) is 6.20 Å². The van der Waals surface area contributed by atoms with Gasteiger partial charge in [-0.3, -0.25) is 0 Å². The Hall–Kier alpha value is -1.76. The van der Waals surface area contributed by atoms with Crippen LogP contribution in [0.3, 0.4) is 0 Å². The summed E-state index contributed by atoms with van der Waals surface area (Å²) in [5.41, 5.74) is 0. The summed E-state index contributed by atoms with van der Waals surface area (Å²) < 4.78 is 17.5. The number of halogens is 1. The van der Waals surface area contributed by atoms with Crippen molar-refractivity contribution in [2.75, 3.05) is 36.0 Å². The Morgan fingerprint density at radius 1 is 1.04 bits per heavy atom. The van der Waals surface area contributed by atoms with Crippen LogP contribution in [0.1, 0.15) is 24.6 Å². The van der Waals surface area contributed by atoms with Gasteiger partial charge in [-0.25, -0.2) is 14.4 Å². The van der Waals surface area contributed by atoms with E-state index in [0.717, 1.165) is 43.0 Å². The molecule has 7 heteroatoms. The van der Waals surface area contributed by atoms with E-state index in [9.17, 15) is 4.39 Å². The fraction of sp³-hybridized carbons (Fsp3) is 0.562. The SMILES string of the molecule is Fc1ccc(N2CC3CN(c4nc(C5CC5)ns4)CC3C2)nc1. The molecule has 2 unspecified atom stereocenters. The molecule has 0 amide bonds. The van der Waals surface area contributed by atoms with Crippen molar-refractivity contribution >= 4 is 22.5 Å². The highest BCUT2D eigenvalue weighted by molar-refractivity contribution is 7.09. The van der Waals surface area contributed by atoms with Gasteiger partial charge in [-0.1, -0.05) is 0 Å². The largest absolute Gasteiger partial charge is 0.356 e. The van der Waals surface area contributed by atoms with Crippen LogP contribution in [0.25, 0.3) is 0 Å². The average molecular weight is 331 g/mol. The fourth-order valence-corrected chi connectivity index (χ4v) is 4.52. The van der Waals surface area contributed by atoms with E-state index in [-0.39, 0.29) is 5.82 Å². The summed E-state index contributed by atoms with van der Waals surface area (Å²) in [5, 5.41) is 1.09. The van der Waals surface area contributed by atoms with Crippen molar-refractivity contribution < 1.29 is 4.39 Å². The number of hydrogen-bond acceptors (Lipinski definition) is 6. The van der Waals surface area contributed by atoms with Crippen LogP contribution >= 0.6 is 11.5 Å². The van der Waals surface area contributed by atoms with E-state index < -0.39 is 0 Å². The molecule has 0 aromatic carbocycles. The molecule has 0 N–H and O–H groups in total. The van der Waals surface area contributed by atoms with Gasteiger partial charge in [0.1, 0.15) is 17.5 Å². The van der Waals surface area contributed by atoms with Crippen LogP contribution in [0.4, 0.5) is 15.3 Å². The van der Waals surface area contributed by atoms with Crippen molar-refractivity contribution in [3.63, 3.8) is 0 Å². The van der Waals surface area contributed by atoms with Crippen molar-refractivity contribution in [2.45, 2.75) is 18.8 Å². The normalized spacial score (nSPS) is 26.8. The lowest BCUT2D eigenvalue weighted by molar-refractivity contribution is 0.533. The maximum absolute atomic E-state index is 13.0. The van der Waals surface area contributed by atoms with Gasteiger partial charge in [0.2, 0.25) is 5.13 Å². The summed E-state index contributed by atoms with van der Waals surface area (Å²) in [4.78, 5) is 13.6. The molecule has 5 rings (SSSR count).